The second-order valence-corrected chi connectivity index (χ2v) is 8.83. The van der Waals surface area contributed by atoms with Gasteiger partial charge in [-0.25, -0.2) is 4.39 Å². The fraction of sp³-hybridized carbons (Fsp3) is 0.545. The van der Waals surface area contributed by atoms with Crippen LogP contribution in [0.15, 0.2) is 12.1 Å². The van der Waals surface area contributed by atoms with E-state index in [1.807, 2.05) is 23.6 Å². The van der Waals surface area contributed by atoms with Gasteiger partial charge in [0, 0.05) is 51.1 Å². The summed E-state index contributed by atoms with van der Waals surface area (Å²) in [5, 5.41) is 2.27. The number of benzene rings is 1. The van der Waals surface area contributed by atoms with E-state index in [2.05, 4.69) is 5.32 Å². The van der Waals surface area contributed by atoms with Crippen LogP contribution in [0.4, 0.5) is 10.1 Å². The number of piperidine rings is 1. The average Bonchev–Trinajstić information content (AvgIpc) is 3.02. The van der Waals surface area contributed by atoms with Gasteiger partial charge in [-0.3, -0.25) is 24.5 Å². The summed E-state index contributed by atoms with van der Waals surface area (Å²) < 4.78 is 14.9. The van der Waals surface area contributed by atoms with Gasteiger partial charge in [-0.15, -0.1) is 0 Å². The standard InChI is InChI=1S/C22H27FN4O4/c1-13(2)9-20(29)26-7-5-25(6-8-26)18-10-14-12-27(22(31)15(14)11-16(18)23)17-3-4-19(28)24-21(17)30/h10-11,13,17H,3-9,12H2,1-2H3,(H,24,28,30). The molecule has 31 heavy (non-hydrogen) atoms. The first kappa shape index (κ1) is 21.3. The van der Waals surface area contributed by atoms with Crippen molar-refractivity contribution in [2.24, 2.45) is 5.92 Å². The molecule has 3 aliphatic heterocycles. The van der Waals surface area contributed by atoms with Gasteiger partial charge in [-0.1, -0.05) is 13.8 Å². The van der Waals surface area contributed by atoms with Crippen molar-refractivity contribution >= 4 is 29.3 Å². The highest BCUT2D eigenvalue weighted by Gasteiger charge is 2.40. The molecule has 2 fully saturated rings. The number of imide groups is 1. The van der Waals surface area contributed by atoms with Crippen molar-refractivity contribution in [3.8, 4) is 0 Å². The molecule has 1 aromatic rings. The third-order valence-corrected chi connectivity index (χ3v) is 6.15. The number of halogens is 1. The molecule has 2 saturated heterocycles. The highest BCUT2D eigenvalue weighted by atomic mass is 19.1. The SMILES string of the molecule is CC(C)CC(=O)N1CCN(c2cc3c(cc2F)C(=O)N(C2CCC(=O)NC2=O)C3)CC1. The van der Waals surface area contributed by atoms with E-state index >= 15 is 0 Å². The third-order valence-electron chi connectivity index (χ3n) is 6.15. The summed E-state index contributed by atoms with van der Waals surface area (Å²) in [4.78, 5) is 53.8. The molecule has 166 valence electrons. The van der Waals surface area contributed by atoms with Crippen LogP contribution in [0, 0.1) is 11.7 Å². The Morgan fingerprint density at radius 2 is 1.87 bits per heavy atom. The van der Waals surface area contributed by atoms with Crippen molar-refractivity contribution in [1.82, 2.24) is 15.1 Å². The summed E-state index contributed by atoms with van der Waals surface area (Å²) >= 11 is 0. The molecule has 1 unspecified atom stereocenters. The number of carbonyl (C=O) groups excluding carboxylic acids is 4. The van der Waals surface area contributed by atoms with Crippen molar-refractivity contribution in [3.63, 3.8) is 0 Å². The largest absolute Gasteiger partial charge is 0.366 e. The van der Waals surface area contributed by atoms with Gasteiger partial charge in [0.25, 0.3) is 5.91 Å². The van der Waals surface area contributed by atoms with Gasteiger partial charge in [0.15, 0.2) is 0 Å². The molecule has 1 atom stereocenters. The van der Waals surface area contributed by atoms with Crippen LogP contribution in [0.2, 0.25) is 0 Å². The normalized spacial score (nSPS) is 21.6. The summed E-state index contributed by atoms with van der Waals surface area (Å²) in [6, 6.07) is 2.20. The van der Waals surface area contributed by atoms with E-state index in [9.17, 15) is 23.6 Å². The summed E-state index contributed by atoms with van der Waals surface area (Å²) in [6.45, 7) is 6.32. The zero-order chi connectivity index (χ0) is 22.3. The molecule has 0 bridgehead atoms. The number of hydrogen-bond donors (Lipinski definition) is 1. The molecule has 9 heteroatoms. The lowest BCUT2D eigenvalue weighted by Crippen LogP contribution is -2.52. The minimum Gasteiger partial charge on any atom is -0.366 e. The molecule has 0 saturated carbocycles. The van der Waals surface area contributed by atoms with Gasteiger partial charge in [0.1, 0.15) is 11.9 Å². The number of carbonyl (C=O) groups is 4. The van der Waals surface area contributed by atoms with Crippen LogP contribution >= 0.6 is 0 Å². The zero-order valence-electron chi connectivity index (χ0n) is 17.8. The molecule has 0 radical (unpaired) electrons. The molecular weight excluding hydrogens is 403 g/mol. The fourth-order valence-corrected chi connectivity index (χ4v) is 4.49. The van der Waals surface area contributed by atoms with Crippen molar-refractivity contribution in [1.29, 1.82) is 0 Å². The molecule has 4 rings (SSSR count). The zero-order valence-corrected chi connectivity index (χ0v) is 17.8. The van der Waals surface area contributed by atoms with Crippen molar-refractivity contribution in [2.75, 3.05) is 31.1 Å². The third kappa shape index (κ3) is 4.13. The van der Waals surface area contributed by atoms with Gasteiger partial charge in [-0.05, 0) is 30.0 Å². The number of anilines is 1. The predicted molar refractivity (Wildman–Crippen MR) is 111 cm³/mol. The Morgan fingerprint density at radius 3 is 2.52 bits per heavy atom. The molecule has 0 aromatic heterocycles. The van der Waals surface area contributed by atoms with E-state index in [4.69, 9.17) is 0 Å². The van der Waals surface area contributed by atoms with Crippen LogP contribution < -0.4 is 10.2 Å². The summed E-state index contributed by atoms with van der Waals surface area (Å²) in [5.41, 5.74) is 1.34. The van der Waals surface area contributed by atoms with E-state index in [1.165, 1.54) is 11.0 Å². The maximum atomic E-state index is 14.9. The molecule has 0 spiro atoms. The quantitative estimate of drug-likeness (QED) is 0.727. The van der Waals surface area contributed by atoms with Gasteiger partial charge in [0.05, 0.1) is 5.69 Å². The Hall–Kier alpha value is -2.97. The second kappa shape index (κ2) is 8.28. The first-order valence-corrected chi connectivity index (χ1v) is 10.7. The topological polar surface area (TPSA) is 90.0 Å². The molecule has 4 amide bonds. The van der Waals surface area contributed by atoms with Crippen LogP contribution in [-0.4, -0.2) is 65.6 Å². The van der Waals surface area contributed by atoms with Crippen LogP contribution in [0.1, 0.15) is 49.0 Å². The maximum absolute atomic E-state index is 14.9. The lowest BCUT2D eigenvalue weighted by Gasteiger charge is -2.36. The number of piperazine rings is 1. The molecular formula is C22H27FN4O4. The minimum atomic E-state index is -0.723. The Kier molecular flexibility index (Phi) is 5.68. The number of amides is 4. The Morgan fingerprint density at radius 1 is 1.16 bits per heavy atom. The number of nitrogens with one attached hydrogen (secondary N) is 1. The van der Waals surface area contributed by atoms with E-state index in [-0.39, 0.29) is 42.7 Å². The van der Waals surface area contributed by atoms with Crippen molar-refractivity contribution in [2.45, 2.75) is 45.7 Å². The molecule has 3 aliphatic rings. The fourth-order valence-electron chi connectivity index (χ4n) is 4.49. The Balaban J connectivity index is 1.47. The van der Waals surface area contributed by atoms with Gasteiger partial charge < -0.3 is 14.7 Å². The lowest BCUT2D eigenvalue weighted by atomic mass is 10.0. The Labute approximate surface area is 180 Å². The van der Waals surface area contributed by atoms with Crippen LogP contribution in [0.25, 0.3) is 0 Å². The maximum Gasteiger partial charge on any atom is 0.255 e. The van der Waals surface area contributed by atoms with Gasteiger partial charge in [0.2, 0.25) is 17.7 Å². The highest BCUT2D eigenvalue weighted by molar-refractivity contribution is 6.05. The number of fused-ring (bicyclic) bond motifs is 1. The lowest BCUT2D eigenvalue weighted by molar-refractivity contribution is -0.137. The van der Waals surface area contributed by atoms with Crippen LogP contribution in [-0.2, 0) is 20.9 Å². The van der Waals surface area contributed by atoms with Crippen molar-refractivity contribution in [3.05, 3.63) is 29.1 Å². The van der Waals surface area contributed by atoms with Gasteiger partial charge in [-0.2, -0.15) is 0 Å². The molecule has 1 N–H and O–H groups in total. The smallest absolute Gasteiger partial charge is 0.255 e. The molecule has 8 nitrogen and oxygen atoms in total. The summed E-state index contributed by atoms with van der Waals surface area (Å²) in [7, 11) is 0. The second-order valence-electron chi connectivity index (χ2n) is 8.83. The monoisotopic (exact) mass is 430 g/mol. The first-order valence-electron chi connectivity index (χ1n) is 10.7. The summed E-state index contributed by atoms with van der Waals surface area (Å²) in [6.07, 6.45) is 0.952. The van der Waals surface area contributed by atoms with E-state index in [0.29, 0.717) is 49.8 Å². The minimum absolute atomic E-state index is 0.120. The molecule has 3 heterocycles. The predicted octanol–water partition coefficient (Wildman–Crippen LogP) is 1.28. The first-order chi connectivity index (χ1) is 14.7. The van der Waals surface area contributed by atoms with Crippen LogP contribution in [0.3, 0.4) is 0 Å². The Bertz CT molecular complexity index is 940. The number of nitrogens with zero attached hydrogens (tertiary/aromatic N) is 3. The van der Waals surface area contributed by atoms with E-state index in [1.54, 1.807) is 6.07 Å². The number of hydrogen-bond acceptors (Lipinski definition) is 5. The van der Waals surface area contributed by atoms with E-state index < -0.39 is 17.8 Å². The van der Waals surface area contributed by atoms with Gasteiger partial charge >= 0.3 is 0 Å². The van der Waals surface area contributed by atoms with Crippen molar-refractivity contribution < 1.29 is 23.6 Å². The molecule has 1 aromatic carbocycles. The highest BCUT2D eigenvalue weighted by Crippen LogP contribution is 2.33. The van der Waals surface area contributed by atoms with Crippen LogP contribution in [0.5, 0.6) is 0 Å². The molecule has 0 aliphatic carbocycles. The number of rotatable bonds is 4. The average molecular weight is 430 g/mol. The van der Waals surface area contributed by atoms with E-state index in [0.717, 1.165) is 0 Å². The summed E-state index contributed by atoms with van der Waals surface area (Å²) in [5.74, 6) is -1.29.